The van der Waals surface area contributed by atoms with Crippen LogP contribution in [0.3, 0.4) is 0 Å². The van der Waals surface area contributed by atoms with Crippen molar-refractivity contribution in [1.82, 2.24) is 19.6 Å². The predicted molar refractivity (Wildman–Crippen MR) is 73.3 cm³/mol. The second-order valence-electron chi connectivity index (χ2n) is 4.79. The normalized spacial score (nSPS) is 10.9. The second kappa shape index (κ2) is 5.85. The number of fused-ring (bicyclic) bond motifs is 1. The van der Waals surface area contributed by atoms with Crippen LogP contribution in [-0.4, -0.2) is 39.1 Å². The van der Waals surface area contributed by atoms with Gasteiger partial charge in [-0.3, -0.25) is 14.2 Å². The molecule has 0 aliphatic carbocycles. The van der Waals surface area contributed by atoms with Gasteiger partial charge in [-0.05, 0) is 13.3 Å². The molecule has 0 atom stereocenters. The topological polar surface area (TPSA) is 81.2 Å². The Balaban J connectivity index is 2.21. The van der Waals surface area contributed by atoms with Crippen molar-refractivity contribution in [2.45, 2.75) is 33.2 Å². The average molecular weight is 278 g/mol. The number of rotatable bonds is 5. The number of likely N-dealkylation sites (N-methyl/N-ethyl adjacent to an activating group) is 1. The minimum Gasteiger partial charge on any atom is -0.344 e. The summed E-state index contributed by atoms with van der Waals surface area (Å²) in [5.74, 6) is -0.115. The quantitative estimate of drug-likeness (QED) is 0.813. The molecule has 0 aliphatic rings. The molecule has 7 heteroatoms. The summed E-state index contributed by atoms with van der Waals surface area (Å²) in [5.41, 5.74) is 0.389. The molecule has 0 N–H and O–H groups in total. The number of aromatic nitrogens is 3. The van der Waals surface area contributed by atoms with Crippen LogP contribution in [0.15, 0.2) is 15.6 Å². The zero-order valence-electron chi connectivity index (χ0n) is 11.9. The minimum absolute atomic E-state index is 0.0212. The lowest BCUT2D eigenvalue weighted by atomic mass is 10.3. The third-order valence-corrected chi connectivity index (χ3v) is 3.21. The van der Waals surface area contributed by atoms with E-state index in [9.17, 15) is 9.59 Å². The molecule has 20 heavy (non-hydrogen) atoms. The van der Waals surface area contributed by atoms with E-state index in [0.717, 1.165) is 12.8 Å². The molecule has 2 aromatic rings. The van der Waals surface area contributed by atoms with E-state index in [-0.39, 0.29) is 23.7 Å². The van der Waals surface area contributed by atoms with E-state index in [4.69, 9.17) is 4.52 Å². The first-order valence-electron chi connectivity index (χ1n) is 6.60. The van der Waals surface area contributed by atoms with Crippen LogP contribution in [0.2, 0.25) is 0 Å². The van der Waals surface area contributed by atoms with Gasteiger partial charge in [-0.15, -0.1) is 0 Å². The summed E-state index contributed by atoms with van der Waals surface area (Å²) >= 11 is 0. The molecule has 0 unspecified atom stereocenters. The molecule has 0 saturated heterocycles. The third kappa shape index (κ3) is 2.71. The summed E-state index contributed by atoms with van der Waals surface area (Å²) in [6.07, 6.45) is 3.28. The molecule has 0 saturated carbocycles. The first-order valence-corrected chi connectivity index (χ1v) is 6.60. The van der Waals surface area contributed by atoms with Crippen molar-refractivity contribution in [3.05, 3.63) is 22.4 Å². The molecule has 7 nitrogen and oxygen atoms in total. The number of carbonyl (C=O) groups excluding carboxylic acids is 1. The number of carbonyl (C=O) groups is 1. The van der Waals surface area contributed by atoms with E-state index >= 15 is 0 Å². The molecule has 0 bridgehead atoms. The standard InChI is InChI=1S/C13H18N4O3/c1-4-5-6-16(3)10(18)7-17-8-14-12-11(13(17)19)9(2)15-20-12/h8H,4-7H2,1-3H3. The van der Waals surface area contributed by atoms with Crippen LogP contribution in [-0.2, 0) is 11.3 Å². The first kappa shape index (κ1) is 14.2. The zero-order chi connectivity index (χ0) is 14.7. The molecule has 0 spiro atoms. The van der Waals surface area contributed by atoms with Crippen LogP contribution in [0, 0.1) is 6.92 Å². The van der Waals surface area contributed by atoms with Gasteiger partial charge in [-0.2, -0.15) is 0 Å². The molecule has 0 radical (unpaired) electrons. The monoisotopic (exact) mass is 278 g/mol. The van der Waals surface area contributed by atoms with Gasteiger partial charge in [-0.25, -0.2) is 4.98 Å². The van der Waals surface area contributed by atoms with Gasteiger partial charge in [0.05, 0.1) is 5.69 Å². The van der Waals surface area contributed by atoms with Gasteiger partial charge in [0.2, 0.25) is 5.91 Å². The van der Waals surface area contributed by atoms with Gasteiger partial charge in [0.25, 0.3) is 11.3 Å². The lowest BCUT2D eigenvalue weighted by molar-refractivity contribution is -0.130. The highest BCUT2D eigenvalue weighted by Gasteiger charge is 2.15. The predicted octanol–water partition coefficient (Wildman–Crippen LogP) is 0.951. The molecule has 2 rings (SSSR count). The van der Waals surface area contributed by atoms with E-state index in [2.05, 4.69) is 17.1 Å². The summed E-state index contributed by atoms with van der Waals surface area (Å²) < 4.78 is 6.21. The second-order valence-corrected chi connectivity index (χ2v) is 4.79. The highest BCUT2D eigenvalue weighted by Crippen LogP contribution is 2.09. The van der Waals surface area contributed by atoms with Gasteiger partial charge in [0.1, 0.15) is 18.3 Å². The summed E-state index contributed by atoms with van der Waals surface area (Å²) in [7, 11) is 1.74. The fraction of sp³-hybridized carbons (Fsp3) is 0.538. The van der Waals surface area contributed by atoms with Gasteiger partial charge in [-0.1, -0.05) is 18.5 Å². The van der Waals surface area contributed by atoms with Crippen molar-refractivity contribution in [1.29, 1.82) is 0 Å². The lowest BCUT2D eigenvalue weighted by Crippen LogP contribution is -2.34. The Bertz CT molecular complexity index is 674. The smallest absolute Gasteiger partial charge is 0.267 e. The van der Waals surface area contributed by atoms with Crippen molar-refractivity contribution in [2.75, 3.05) is 13.6 Å². The van der Waals surface area contributed by atoms with Crippen LogP contribution in [0.4, 0.5) is 0 Å². The van der Waals surface area contributed by atoms with Gasteiger partial charge < -0.3 is 9.42 Å². The molecule has 0 aromatic carbocycles. The van der Waals surface area contributed by atoms with E-state index in [0.29, 0.717) is 17.6 Å². The fourth-order valence-electron chi connectivity index (χ4n) is 1.91. The Morgan fingerprint density at radius 3 is 2.95 bits per heavy atom. The Labute approximate surface area is 116 Å². The number of aryl methyl sites for hydroxylation is 1. The molecule has 0 aliphatic heterocycles. The number of amides is 1. The Hall–Kier alpha value is -2.18. The zero-order valence-corrected chi connectivity index (χ0v) is 11.9. The van der Waals surface area contributed by atoms with Crippen molar-refractivity contribution in [3.8, 4) is 0 Å². The van der Waals surface area contributed by atoms with Crippen molar-refractivity contribution >= 4 is 17.0 Å². The summed E-state index contributed by atoms with van der Waals surface area (Å²) in [5, 5.41) is 4.04. The van der Waals surface area contributed by atoms with Gasteiger partial charge in [0.15, 0.2) is 0 Å². The Kier molecular flexibility index (Phi) is 4.16. The highest BCUT2D eigenvalue weighted by atomic mass is 16.5. The molecular formula is C13H18N4O3. The van der Waals surface area contributed by atoms with Crippen molar-refractivity contribution < 1.29 is 9.32 Å². The summed E-state index contributed by atoms with van der Waals surface area (Å²) in [6.45, 7) is 4.41. The number of unbranched alkanes of at least 4 members (excludes halogenated alkanes) is 1. The van der Waals surface area contributed by atoms with Gasteiger partial charge >= 0.3 is 0 Å². The maximum atomic E-state index is 12.2. The molecule has 2 heterocycles. The van der Waals surface area contributed by atoms with Crippen LogP contribution >= 0.6 is 0 Å². The van der Waals surface area contributed by atoms with E-state index < -0.39 is 0 Å². The largest absolute Gasteiger partial charge is 0.344 e. The maximum absolute atomic E-state index is 12.2. The molecule has 0 fully saturated rings. The van der Waals surface area contributed by atoms with E-state index in [1.54, 1.807) is 18.9 Å². The Morgan fingerprint density at radius 2 is 2.25 bits per heavy atom. The number of nitrogens with zero attached hydrogens (tertiary/aromatic N) is 4. The van der Waals surface area contributed by atoms with Crippen molar-refractivity contribution in [2.24, 2.45) is 0 Å². The molecule has 108 valence electrons. The summed E-state index contributed by atoms with van der Waals surface area (Å²) in [6, 6.07) is 0. The first-order chi connectivity index (χ1) is 9.54. The lowest BCUT2D eigenvalue weighted by Gasteiger charge is -2.17. The van der Waals surface area contributed by atoms with Crippen LogP contribution < -0.4 is 5.56 Å². The highest BCUT2D eigenvalue weighted by molar-refractivity contribution is 5.77. The van der Waals surface area contributed by atoms with Crippen LogP contribution in [0.1, 0.15) is 25.5 Å². The Morgan fingerprint density at radius 1 is 1.50 bits per heavy atom. The van der Waals surface area contributed by atoms with Crippen LogP contribution in [0.5, 0.6) is 0 Å². The average Bonchev–Trinajstić information content (AvgIpc) is 2.81. The number of hydrogen-bond donors (Lipinski definition) is 0. The van der Waals surface area contributed by atoms with E-state index in [1.165, 1.54) is 10.9 Å². The number of hydrogen-bond acceptors (Lipinski definition) is 5. The molecule has 1 amide bonds. The van der Waals surface area contributed by atoms with Gasteiger partial charge in [0, 0.05) is 13.6 Å². The summed E-state index contributed by atoms with van der Waals surface area (Å²) in [4.78, 5) is 29.9. The van der Waals surface area contributed by atoms with Crippen molar-refractivity contribution in [3.63, 3.8) is 0 Å². The third-order valence-electron chi connectivity index (χ3n) is 3.21. The van der Waals surface area contributed by atoms with Crippen LogP contribution in [0.25, 0.3) is 11.1 Å². The maximum Gasteiger partial charge on any atom is 0.267 e. The fourth-order valence-corrected chi connectivity index (χ4v) is 1.91. The van der Waals surface area contributed by atoms with E-state index in [1.807, 2.05) is 0 Å². The molecule has 2 aromatic heterocycles. The molecular weight excluding hydrogens is 260 g/mol. The minimum atomic E-state index is -0.300. The SMILES string of the molecule is CCCCN(C)C(=O)Cn1cnc2onc(C)c2c1=O.